The van der Waals surface area contributed by atoms with Crippen LogP contribution in [0, 0.1) is 5.82 Å². The van der Waals surface area contributed by atoms with Crippen LogP contribution in [0.15, 0.2) is 30.5 Å². The van der Waals surface area contributed by atoms with Crippen molar-refractivity contribution in [1.82, 2.24) is 14.7 Å². The van der Waals surface area contributed by atoms with Gasteiger partial charge in [0.1, 0.15) is 11.5 Å². The molecule has 2 N–H and O–H groups in total. The third-order valence-electron chi connectivity index (χ3n) is 3.10. The van der Waals surface area contributed by atoms with Crippen molar-refractivity contribution in [3.8, 4) is 0 Å². The quantitative estimate of drug-likeness (QED) is 0.926. The van der Waals surface area contributed by atoms with E-state index in [1.165, 1.54) is 23.0 Å². The van der Waals surface area contributed by atoms with Gasteiger partial charge in [0.2, 0.25) is 0 Å². The molecule has 0 aliphatic carbocycles. The third-order valence-corrected chi connectivity index (χ3v) is 3.10. The second-order valence-electron chi connectivity index (χ2n) is 4.52. The molecule has 0 aliphatic heterocycles. The summed E-state index contributed by atoms with van der Waals surface area (Å²) in [5.74, 6) is -0.527. The summed E-state index contributed by atoms with van der Waals surface area (Å²) in [5.41, 5.74) is 7.19. The van der Waals surface area contributed by atoms with Crippen molar-refractivity contribution in [1.29, 1.82) is 0 Å². The zero-order valence-electron chi connectivity index (χ0n) is 11.5. The number of nitrogens with two attached hydrogens (primary N) is 1. The first kappa shape index (κ1) is 14.0. The zero-order valence-corrected chi connectivity index (χ0v) is 11.5. The number of carbonyl (C=O) groups excluding carboxylic acids is 1. The first-order chi connectivity index (χ1) is 9.52. The fourth-order valence-corrected chi connectivity index (χ4v) is 2.05. The second-order valence-corrected chi connectivity index (χ2v) is 4.52. The van der Waals surface area contributed by atoms with Crippen molar-refractivity contribution < 1.29 is 9.18 Å². The number of rotatable bonds is 4. The molecule has 2 aromatic rings. The van der Waals surface area contributed by atoms with E-state index in [1.807, 2.05) is 6.92 Å². The highest BCUT2D eigenvalue weighted by Gasteiger charge is 2.20. The van der Waals surface area contributed by atoms with Crippen LogP contribution in [0.5, 0.6) is 0 Å². The van der Waals surface area contributed by atoms with Crippen LogP contribution in [0.2, 0.25) is 0 Å². The summed E-state index contributed by atoms with van der Waals surface area (Å²) >= 11 is 0. The fraction of sp³-hybridized carbons (Fsp3) is 0.286. The molecule has 1 aromatic heterocycles. The highest BCUT2D eigenvalue weighted by molar-refractivity contribution is 5.97. The van der Waals surface area contributed by atoms with Crippen LogP contribution in [-0.4, -0.2) is 27.1 Å². The second kappa shape index (κ2) is 5.73. The number of nitrogens with zero attached hydrogens (tertiary/aromatic N) is 3. The fourth-order valence-electron chi connectivity index (χ4n) is 2.05. The number of hydrogen-bond donors (Lipinski definition) is 1. The Labute approximate surface area is 116 Å². The lowest BCUT2D eigenvalue weighted by molar-refractivity contribution is 0.0742. The van der Waals surface area contributed by atoms with Crippen LogP contribution < -0.4 is 5.73 Å². The normalized spacial score (nSPS) is 10.6. The van der Waals surface area contributed by atoms with Gasteiger partial charge in [-0.05, 0) is 24.6 Å². The Morgan fingerprint density at radius 3 is 2.80 bits per heavy atom. The van der Waals surface area contributed by atoms with Gasteiger partial charge in [-0.15, -0.1) is 0 Å². The van der Waals surface area contributed by atoms with Crippen molar-refractivity contribution in [3.05, 3.63) is 47.5 Å². The third kappa shape index (κ3) is 2.79. The molecule has 0 fully saturated rings. The maximum absolute atomic E-state index is 13.2. The van der Waals surface area contributed by atoms with Gasteiger partial charge >= 0.3 is 0 Å². The molecule has 0 saturated carbocycles. The molecule has 0 unspecified atom stereocenters. The van der Waals surface area contributed by atoms with Gasteiger partial charge in [-0.25, -0.2) is 4.39 Å². The van der Waals surface area contributed by atoms with E-state index in [1.54, 1.807) is 24.1 Å². The minimum absolute atomic E-state index is 0.214. The van der Waals surface area contributed by atoms with Gasteiger partial charge in [0.15, 0.2) is 0 Å². The summed E-state index contributed by atoms with van der Waals surface area (Å²) < 4.78 is 14.6. The predicted octanol–water partition coefficient (Wildman–Crippen LogP) is 1.80. The smallest absolute Gasteiger partial charge is 0.274 e. The Hall–Kier alpha value is -2.37. The van der Waals surface area contributed by atoms with Crippen molar-refractivity contribution >= 4 is 11.6 Å². The van der Waals surface area contributed by atoms with E-state index in [0.717, 1.165) is 5.56 Å². The number of carbonyl (C=O) groups is 1. The lowest BCUT2D eigenvalue weighted by Crippen LogP contribution is -2.32. The van der Waals surface area contributed by atoms with Crippen LogP contribution in [-0.2, 0) is 13.6 Å². The van der Waals surface area contributed by atoms with Gasteiger partial charge in [0, 0.05) is 20.1 Å². The standard InChI is InChI=1S/C14H17FN4O/c1-3-19(9-10-5-4-6-11(15)7-10)14(20)13-12(16)8-17-18(13)2/h4-8H,3,9,16H2,1-2H3. The van der Waals surface area contributed by atoms with Crippen LogP contribution in [0.1, 0.15) is 23.0 Å². The number of aryl methyl sites for hydroxylation is 1. The molecule has 0 spiro atoms. The Balaban J connectivity index is 2.22. The lowest BCUT2D eigenvalue weighted by Gasteiger charge is -2.21. The van der Waals surface area contributed by atoms with Gasteiger partial charge in [-0.3, -0.25) is 9.48 Å². The number of aromatic nitrogens is 2. The number of hydrogen-bond acceptors (Lipinski definition) is 3. The van der Waals surface area contributed by atoms with Crippen molar-refractivity contribution in [3.63, 3.8) is 0 Å². The lowest BCUT2D eigenvalue weighted by atomic mass is 10.2. The molecule has 0 saturated heterocycles. The average Bonchev–Trinajstić information content (AvgIpc) is 2.75. The topological polar surface area (TPSA) is 64.2 Å². The summed E-state index contributed by atoms with van der Waals surface area (Å²) in [6, 6.07) is 6.20. The van der Waals surface area contributed by atoms with E-state index < -0.39 is 0 Å². The molecule has 20 heavy (non-hydrogen) atoms. The molecule has 2 rings (SSSR count). The van der Waals surface area contributed by atoms with Crippen molar-refractivity contribution in [2.75, 3.05) is 12.3 Å². The van der Waals surface area contributed by atoms with Gasteiger partial charge in [0.05, 0.1) is 11.9 Å². The summed E-state index contributed by atoms with van der Waals surface area (Å²) in [7, 11) is 1.67. The van der Waals surface area contributed by atoms with Crippen LogP contribution in [0.3, 0.4) is 0 Å². The Morgan fingerprint density at radius 1 is 1.50 bits per heavy atom. The number of amides is 1. The number of nitrogen functional groups attached to an aromatic ring is 1. The summed E-state index contributed by atoms with van der Waals surface area (Å²) in [5, 5.41) is 3.96. The summed E-state index contributed by atoms with van der Waals surface area (Å²) in [6.07, 6.45) is 1.45. The molecule has 6 heteroatoms. The highest BCUT2D eigenvalue weighted by atomic mass is 19.1. The number of anilines is 1. The first-order valence-electron chi connectivity index (χ1n) is 6.34. The van der Waals surface area contributed by atoms with Crippen molar-refractivity contribution in [2.24, 2.45) is 7.05 Å². The Morgan fingerprint density at radius 2 is 2.25 bits per heavy atom. The maximum atomic E-state index is 13.2. The Bertz CT molecular complexity index is 604. The molecule has 0 bridgehead atoms. The van der Waals surface area contributed by atoms with E-state index in [-0.39, 0.29) is 11.7 Å². The largest absolute Gasteiger partial charge is 0.396 e. The SMILES string of the molecule is CCN(Cc1cccc(F)c1)C(=O)c1c(N)cnn1C. The van der Waals surface area contributed by atoms with Gasteiger partial charge in [0.25, 0.3) is 5.91 Å². The van der Waals surface area contributed by atoms with Gasteiger partial charge < -0.3 is 10.6 Å². The van der Waals surface area contributed by atoms with Crippen LogP contribution >= 0.6 is 0 Å². The molecule has 0 radical (unpaired) electrons. The minimum atomic E-state index is -0.314. The number of benzene rings is 1. The van der Waals surface area contributed by atoms with Crippen molar-refractivity contribution in [2.45, 2.75) is 13.5 Å². The van der Waals surface area contributed by atoms with E-state index in [4.69, 9.17) is 5.73 Å². The molecule has 0 aliphatic rings. The number of halogens is 1. The van der Waals surface area contributed by atoms with E-state index >= 15 is 0 Å². The molecule has 0 atom stereocenters. The van der Waals surface area contributed by atoms with Crippen LogP contribution in [0.4, 0.5) is 10.1 Å². The molecular formula is C14H17FN4O. The average molecular weight is 276 g/mol. The predicted molar refractivity (Wildman–Crippen MR) is 74.4 cm³/mol. The molecule has 1 amide bonds. The molecule has 5 nitrogen and oxygen atoms in total. The molecule has 1 aromatic carbocycles. The molecule has 106 valence electrons. The van der Waals surface area contributed by atoms with Crippen LogP contribution in [0.25, 0.3) is 0 Å². The molecular weight excluding hydrogens is 259 g/mol. The summed E-state index contributed by atoms with van der Waals surface area (Å²) in [6.45, 7) is 2.70. The molecule has 1 heterocycles. The van der Waals surface area contributed by atoms with E-state index in [9.17, 15) is 9.18 Å². The monoisotopic (exact) mass is 276 g/mol. The highest BCUT2D eigenvalue weighted by Crippen LogP contribution is 2.15. The summed E-state index contributed by atoms with van der Waals surface area (Å²) in [4.78, 5) is 14.1. The maximum Gasteiger partial charge on any atom is 0.274 e. The zero-order chi connectivity index (χ0) is 14.7. The van der Waals surface area contributed by atoms with E-state index in [2.05, 4.69) is 5.10 Å². The van der Waals surface area contributed by atoms with E-state index in [0.29, 0.717) is 24.5 Å². The minimum Gasteiger partial charge on any atom is -0.396 e. The van der Waals surface area contributed by atoms with Gasteiger partial charge in [-0.2, -0.15) is 5.10 Å². The first-order valence-corrected chi connectivity index (χ1v) is 6.34. The van der Waals surface area contributed by atoms with Gasteiger partial charge in [-0.1, -0.05) is 12.1 Å². The Kier molecular flexibility index (Phi) is 4.02.